The van der Waals surface area contributed by atoms with Gasteiger partial charge < -0.3 is 54.8 Å². The van der Waals surface area contributed by atoms with Gasteiger partial charge in [-0.2, -0.15) is 0 Å². The summed E-state index contributed by atoms with van der Waals surface area (Å²) >= 11 is 1.58. The van der Waals surface area contributed by atoms with Gasteiger partial charge in [0.05, 0.1) is 101 Å². The normalized spacial score (nSPS) is 16.5. The molecule has 0 bridgehead atoms. The van der Waals surface area contributed by atoms with E-state index in [1.54, 1.807) is 11.3 Å². The van der Waals surface area contributed by atoms with E-state index in [0.717, 1.165) is 21.7 Å². The number of carbonyl (C=O) groups is 3. The van der Waals surface area contributed by atoms with Crippen molar-refractivity contribution in [3.05, 3.63) is 41.0 Å². The maximum absolute atomic E-state index is 13.8. The zero-order valence-electron chi connectivity index (χ0n) is 31.6. The predicted octanol–water partition coefficient (Wildman–Crippen LogP) is 1.68. The van der Waals surface area contributed by atoms with Gasteiger partial charge in [0.1, 0.15) is 12.1 Å². The number of amides is 3. The second kappa shape index (κ2) is 24.4. The zero-order valence-corrected chi connectivity index (χ0v) is 32.5. The van der Waals surface area contributed by atoms with Gasteiger partial charge in [-0.1, -0.05) is 45.0 Å². The van der Waals surface area contributed by atoms with Crippen molar-refractivity contribution >= 4 is 29.1 Å². The molecule has 2 heterocycles. The molecule has 1 aliphatic rings. The Labute approximate surface area is 317 Å². The van der Waals surface area contributed by atoms with Gasteiger partial charge in [-0.15, -0.1) is 11.3 Å². The molecule has 2 aromatic rings. The molecule has 1 aliphatic heterocycles. The molecular weight excluding hydrogens is 706 g/mol. The number of β-amino-alcohol motifs (C(OH)–C–C–N with tert-alkyl or cyclic N) is 1. The molecule has 0 spiro atoms. The summed E-state index contributed by atoms with van der Waals surface area (Å²) in [7, 11) is 0. The first kappa shape index (κ1) is 44.3. The monoisotopic (exact) mass is 765 g/mol. The lowest BCUT2D eigenvalue weighted by molar-refractivity contribution is -0.144. The summed E-state index contributed by atoms with van der Waals surface area (Å²) in [5, 5.41) is 16.2. The summed E-state index contributed by atoms with van der Waals surface area (Å²) in [5.74, 6) is -1.12. The minimum absolute atomic E-state index is 0.00662. The van der Waals surface area contributed by atoms with Crippen LogP contribution in [0.2, 0.25) is 0 Å². The third-order valence-electron chi connectivity index (χ3n) is 8.31. The van der Waals surface area contributed by atoms with Crippen LogP contribution in [0.15, 0.2) is 29.8 Å². The smallest absolute Gasteiger partial charge is 0.246 e. The fourth-order valence-corrected chi connectivity index (χ4v) is 6.27. The summed E-state index contributed by atoms with van der Waals surface area (Å²) in [6, 6.07) is 6.11. The molecule has 0 radical (unpaired) electrons. The number of likely N-dealkylation sites (tertiary alicyclic amines) is 1. The predicted molar refractivity (Wildman–Crippen MR) is 200 cm³/mol. The number of nitrogens with two attached hydrogens (primary N) is 1. The molecule has 0 aliphatic carbocycles. The first-order valence-electron chi connectivity index (χ1n) is 18.2. The Bertz CT molecular complexity index is 1360. The number of hydrogen-bond donors (Lipinski definition) is 4. The van der Waals surface area contributed by atoms with Crippen LogP contribution in [0, 0.1) is 12.3 Å². The van der Waals surface area contributed by atoms with E-state index in [9.17, 15) is 19.5 Å². The first-order valence-corrected chi connectivity index (χ1v) is 19.1. The highest BCUT2D eigenvalue weighted by atomic mass is 32.1. The number of aromatic nitrogens is 1. The Balaban J connectivity index is 1.30. The van der Waals surface area contributed by atoms with Gasteiger partial charge in [-0.05, 0) is 23.5 Å². The topological polar surface area (TPSA) is 193 Å². The average molecular weight is 766 g/mol. The molecule has 53 heavy (non-hydrogen) atoms. The zero-order chi connectivity index (χ0) is 38.5. The number of aliphatic hydroxyl groups is 1. The van der Waals surface area contributed by atoms with Crippen molar-refractivity contribution in [3.8, 4) is 10.4 Å². The minimum atomic E-state index is -0.910. The summed E-state index contributed by atoms with van der Waals surface area (Å²) in [6.07, 6.45) is -0.687. The Morgan fingerprint density at radius 1 is 0.887 bits per heavy atom. The van der Waals surface area contributed by atoms with Crippen molar-refractivity contribution in [2.24, 2.45) is 11.1 Å². The SMILES string of the molecule is Cc1ncsc1-c1ccc(CNC(=O)[C@@H]2C[C@@H](O)CN2C(=O)[C@@H](NC(=O)CCOCCOCCOCCOCCOCCOCCN)C(C)(C)C)cc1. The molecule has 1 aromatic heterocycles. The number of hydrogen-bond acceptors (Lipinski definition) is 13. The quantitative estimate of drug-likeness (QED) is 0.102. The number of carbonyl (C=O) groups excluding carboxylic acids is 3. The maximum Gasteiger partial charge on any atom is 0.246 e. The van der Waals surface area contributed by atoms with Crippen molar-refractivity contribution < 1.29 is 47.9 Å². The summed E-state index contributed by atoms with van der Waals surface area (Å²) < 4.78 is 32.6. The number of aliphatic hydroxyl groups excluding tert-OH is 1. The molecule has 0 saturated carbocycles. The fourth-order valence-electron chi connectivity index (χ4n) is 5.46. The van der Waals surface area contributed by atoms with E-state index in [-0.39, 0.29) is 44.4 Å². The number of rotatable bonds is 26. The molecule has 1 saturated heterocycles. The lowest BCUT2D eigenvalue weighted by atomic mass is 9.85. The van der Waals surface area contributed by atoms with Crippen LogP contribution >= 0.6 is 11.3 Å². The van der Waals surface area contributed by atoms with Crippen LogP contribution in [0.5, 0.6) is 0 Å². The second-order valence-electron chi connectivity index (χ2n) is 13.7. The molecule has 5 N–H and O–H groups in total. The maximum atomic E-state index is 13.8. The number of thiazole rings is 1. The van der Waals surface area contributed by atoms with Crippen LogP contribution < -0.4 is 16.4 Å². The molecule has 298 valence electrons. The van der Waals surface area contributed by atoms with E-state index >= 15 is 0 Å². The average Bonchev–Trinajstić information content (AvgIpc) is 3.75. The standard InChI is InChI=1S/C37H59N5O10S/c1-27-33(53-26-40-27)29-7-5-28(6-8-29)24-39-35(45)31-23-30(43)25-42(31)36(46)34(37(2,3)4)41-32(44)9-11-47-13-15-49-17-19-51-21-22-52-20-18-50-16-14-48-12-10-38/h5-8,26,30-31,34,43H,9-25,38H2,1-4H3,(H,39,45)(H,41,44)/t30-,31+,34-/m1/s1. The summed E-state index contributed by atoms with van der Waals surface area (Å²) in [5.41, 5.74) is 9.43. The van der Waals surface area contributed by atoms with Gasteiger partial charge in [-0.25, -0.2) is 4.98 Å². The van der Waals surface area contributed by atoms with E-state index in [2.05, 4.69) is 15.6 Å². The van der Waals surface area contributed by atoms with Gasteiger partial charge >= 0.3 is 0 Å². The number of ether oxygens (including phenoxy) is 6. The molecule has 15 nitrogen and oxygen atoms in total. The molecule has 3 atom stereocenters. The molecule has 16 heteroatoms. The van der Waals surface area contributed by atoms with Crippen LogP contribution in [-0.2, 0) is 49.3 Å². The van der Waals surface area contributed by atoms with Crippen LogP contribution in [0.3, 0.4) is 0 Å². The van der Waals surface area contributed by atoms with E-state index in [1.807, 2.05) is 57.5 Å². The first-order chi connectivity index (χ1) is 25.5. The molecule has 3 amide bonds. The Hall–Kier alpha value is -3.06. The Morgan fingerprint density at radius 2 is 1.42 bits per heavy atom. The fraction of sp³-hybridized carbons (Fsp3) is 0.676. The lowest BCUT2D eigenvalue weighted by Gasteiger charge is -2.35. The Kier molecular flexibility index (Phi) is 20.4. The van der Waals surface area contributed by atoms with E-state index < -0.39 is 29.5 Å². The highest BCUT2D eigenvalue weighted by Gasteiger charge is 2.44. The van der Waals surface area contributed by atoms with Crippen LogP contribution in [0.4, 0.5) is 0 Å². The van der Waals surface area contributed by atoms with Crippen molar-refractivity contribution in [1.29, 1.82) is 0 Å². The van der Waals surface area contributed by atoms with Gasteiger partial charge in [0.15, 0.2) is 0 Å². The number of benzene rings is 1. The van der Waals surface area contributed by atoms with E-state index in [1.165, 1.54) is 4.90 Å². The van der Waals surface area contributed by atoms with Crippen molar-refractivity contribution in [1.82, 2.24) is 20.5 Å². The van der Waals surface area contributed by atoms with E-state index in [4.69, 9.17) is 34.2 Å². The molecular formula is C37H59N5O10S. The largest absolute Gasteiger partial charge is 0.391 e. The third kappa shape index (κ3) is 16.5. The highest BCUT2D eigenvalue weighted by Crippen LogP contribution is 2.28. The van der Waals surface area contributed by atoms with Gasteiger partial charge in [0.2, 0.25) is 17.7 Å². The second-order valence-corrected chi connectivity index (χ2v) is 14.5. The van der Waals surface area contributed by atoms with Crippen molar-refractivity contribution in [3.63, 3.8) is 0 Å². The van der Waals surface area contributed by atoms with Crippen LogP contribution in [0.25, 0.3) is 10.4 Å². The summed E-state index contributed by atoms with van der Waals surface area (Å²) in [6.45, 7) is 13.3. The minimum Gasteiger partial charge on any atom is -0.391 e. The third-order valence-corrected chi connectivity index (χ3v) is 9.28. The van der Waals surface area contributed by atoms with Gasteiger partial charge in [0, 0.05) is 32.5 Å². The summed E-state index contributed by atoms with van der Waals surface area (Å²) in [4.78, 5) is 46.8. The van der Waals surface area contributed by atoms with Gasteiger partial charge in [0.25, 0.3) is 0 Å². The number of aryl methyl sites for hydroxylation is 1. The van der Waals surface area contributed by atoms with Crippen molar-refractivity contribution in [2.75, 3.05) is 92.4 Å². The molecule has 0 unspecified atom stereocenters. The van der Waals surface area contributed by atoms with Gasteiger partial charge in [-0.3, -0.25) is 14.4 Å². The van der Waals surface area contributed by atoms with E-state index in [0.29, 0.717) is 79.2 Å². The highest BCUT2D eigenvalue weighted by molar-refractivity contribution is 7.13. The number of nitrogens with one attached hydrogen (secondary N) is 2. The lowest BCUT2D eigenvalue weighted by Crippen LogP contribution is -2.57. The van der Waals surface area contributed by atoms with Crippen molar-refractivity contribution in [2.45, 2.75) is 65.3 Å². The Morgan fingerprint density at radius 3 is 1.91 bits per heavy atom. The molecule has 3 rings (SSSR count). The molecule has 1 aromatic carbocycles. The number of nitrogens with zero attached hydrogens (tertiary/aromatic N) is 2. The van der Waals surface area contributed by atoms with Crippen LogP contribution in [-0.4, -0.2) is 143 Å². The molecule has 1 fully saturated rings. The van der Waals surface area contributed by atoms with Crippen LogP contribution in [0.1, 0.15) is 44.9 Å².